The molecule has 6 heteroatoms. The van der Waals surface area contributed by atoms with Crippen molar-refractivity contribution >= 4 is 10.0 Å². The summed E-state index contributed by atoms with van der Waals surface area (Å²) in [6, 6.07) is 5.35. The number of benzene rings is 1. The minimum atomic E-state index is -3.78. The second kappa shape index (κ2) is 5.68. The van der Waals surface area contributed by atoms with Crippen molar-refractivity contribution in [1.82, 2.24) is 4.31 Å². The molecule has 2 rings (SSSR count). The molecule has 0 radical (unpaired) electrons. The molecule has 19 heavy (non-hydrogen) atoms. The number of hydrogen-bond acceptors (Lipinski definition) is 3. The fourth-order valence-electron chi connectivity index (χ4n) is 2.25. The first kappa shape index (κ1) is 14.0. The number of rotatable bonds is 2. The Morgan fingerprint density at radius 2 is 1.79 bits per heavy atom. The third-order valence-electron chi connectivity index (χ3n) is 3.27. The summed E-state index contributed by atoms with van der Waals surface area (Å²) in [4.78, 5) is -0.225. The van der Waals surface area contributed by atoms with Crippen molar-refractivity contribution in [2.24, 2.45) is 0 Å². The molecule has 0 aliphatic carbocycles. The second-order valence-electron chi connectivity index (χ2n) is 4.54. The zero-order valence-corrected chi connectivity index (χ0v) is 11.3. The molecular weight excluding hydrogens is 267 g/mol. The topological polar surface area (TPSA) is 61.2 Å². The highest BCUT2D eigenvalue weighted by molar-refractivity contribution is 7.89. The number of halogens is 1. The molecule has 1 aliphatic rings. The Morgan fingerprint density at radius 1 is 1.16 bits per heavy atom. The van der Waals surface area contributed by atoms with Crippen LogP contribution < -0.4 is 0 Å². The summed E-state index contributed by atoms with van der Waals surface area (Å²) in [5.74, 6) is -0.793. The van der Waals surface area contributed by atoms with Crippen LogP contribution in [0.5, 0.6) is 0 Å². The molecular formula is C13H15FN2O2S. The van der Waals surface area contributed by atoms with E-state index in [2.05, 4.69) is 0 Å². The molecule has 0 atom stereocenters. The van der Waals surface area contributed by atoms with Gasteiger partial charge in [-0.25, -0.2) is 12.8 Å². The SMILES string of the molecule is N#Cc1c(F)cccc1S(=O)(=O)N1CCCCCC1. The second-order valence-corrected chi connectivity index (χ2v) is 6.45. The van der Waals surface area contributed by atoms with E-state index in [0.29, 0.717) is 13.1 Å². The van der Waals surface area contributed by atoms with Gasteiger partial charge in [-0.05, 0) is 25.0 Å². The zero-order valence-electron chi connectivity index (χ0n) is 10.5. The van der Waals surface area contributed by atoms with Crippen LogP contribution in [0.1, 0.15) is 31.2 Å². The minimum Gasteiger partial charge on any atom is -0.207 e. The first-order chi connectivity index (χ1) is 9.07. The van der Waals surface area contributed by atoms with E-state index in [4.69, 9.17) is 5.26 Å². The van der Waals surface area contributed by atoms with Crippen LogP contribution in [-0.4, -0.2) is 25.8 Å². The van der Waals surface area contributed by atoms with Gasteiger partial charge in [-0.3, -0.25) is 0 Å². The van der Waals surface area contributed by atoms with Gasteiger partial charge in [-0.15, -0.1) is 0 Å². The molecule has 0 saturated carbocycles. The highest BCUT2D eigenvalue weighted by Crippen LogP contribution is 2.24. The van der Waals surface area contributed by atoms with Gasteiger partial charge in [0.15, 0.2) is 0 Å². The molecule has 0 aromatic heterocycles. The lowest BCUT2D eigenvalue weighted by Crippen LogP contribution is -2.32. The van der Waals surface area contributed by atoms with Gasteiger partial charge < -0.3 is 0 Å². The summed E-state index contributed by atoms with van der Waals surface area (Å²) in [6.45, 7) is 0.868. The maximum atomic E-state index is 13.5. The van der Waals surface area contributed by atoms with Crippen molar-refractivity contribution in [3.05, 3.63) is 29.6 Å². The monoisotopic (exact) mass is 282 g/mol. The summed E-state index contributed by atoms with van der Waals surface area (Å²) in [5.41, 5.74) is -0.397. The predicted molar refractivity (Wildman–Crippen MR) is 68.3 cm³/mol. The molecule has 1 aromatic rings. The maximum absolute atomic E-state index is 13.5. The Hall–Kier alpha value is -1.45. The van der Waals surface area contributed by atoms with Gasteiger partial charge in [0.25, 0.3) is 0 Å². The van der Waals surface area contributed by atoms with Gasteiger partial charge in [0.2, 0.25) is 10.0 Å². The van der Waals surface area contributed by atoms with Crippen molar-refractivity contribution in [3.63, 3.8) is 0 Å². The summed E-state index contributed by atoms with van der Waals surface area (Å²) in [7, 11) is -3.78. The van der Waals surface area contributed by atoms with E-state index in [-0.39, 0.29) is 4.90 Å². The van der Waals surface area contributed by atoms with Crippen molar-refractivity contribution in [1.29, 1.82) is 5.26 Å². The molecule has 102 valence electrons. The van der Waals surface area contributed by atoms with E-state index in [0.717, 1.165) is 31.7 Å². The van der Waals surface area contributed by atoms with E-state index in [1.54, 1.807) is 6.07 Å². The van der Waals surface area contributed by atoms with Gasteiger partial charge in [-0.1, -0.05) is 18.9 Å². The lowest BCUT2D eigenvalue weighted by atomic mass is 10.2. The van der Waals surface area contributed by atoms with Crippen LogP contribution in [0.4, 0.5) is 4.39 Å². The fourth-order valence-corrected chi connectivity index (χ4v) is 3.92. The Balaban J connectivity index is 2.45. The van der Waals surface area contributed by atoms with E-state index in [9.17, 15) is 12.8 Å². The summed E-state index contributed by atoms with van der Waals surface area (Å²) < 4.78 is 39.8. The number of nitrogens with zero attached hydrogens (tertiary/aromatic N) is 2. The van der Waals surface area contributed by atoms with E-state index < -0.39 is 21.4 Å². The van der Waals surface area contributed by atoms with Gasteiger partial charge in [-0.2, -0.15) is 9.57 Å². The molecule has 0 N–H and O–H groups in total. The van der Waals surface area contributed by atoms with Crippen molar-refractivity contribution < 1.29 is 12.8 Å². The molecule has 4 nitrogen and oxygen atoms in total. The Kier molecular flexibility index (Phi) is 4.17. The number of hydrogen-bond donors (Lipinski definition) is 0. The van der Waals surface area contributed by atoms with E-state index in [1.165, 1.54) is 16.4 Å². The highest BCUT2D eigenvalue weighted by Gasteiger charge is 2.28. The lowest BCUT2D eigenvalue weighted by Gasteiger charge is -2.20. The van der Waals surface area contributed by atoms with Crippen LogP contribution in [0, 0.1) is 17.1 Å². The number of sulfonamides is 1. The quantitative estimate of drug-likeness (QED) is 0.836. The molecule has 0 bridgehead atoms. The molecule has 1 heterocycles. The predicted octanol–water partition coefficient (Wildman–Crippen LogP) is 2.26. The molecule has 1 aromatic carbocycles. The first-order valence-electron chi connectivity index (χ1n) is 6.26. The third kappa shape index (κ3) is 2.77. The smallest absolute Gasteiger partial charge is 0.207 e. The Labute approximate surface area is 112 Å². The maximum Gasteiger partial charge on any atom is 0.244 e. The highest BCUT2D eigenvalue weighted by atomic mass is 32.2. The third-order valence-corrected chi connectivity index (χ3v) is 5.21. The lowest BCUT2D eigenvalue weighted by molar-refractivity contribution is 0.423. The molecule has 1 saturated heterocycles. The average molecular weight is 282 g/mol. The van der Waals surface area contributed by atoms with Crippen LogP contribution in [0.3, 0.4) is 0 Å². The normalized spacial score (nSPS) is 17.7. The van der Waals surface area contributed by atoms with Gasteiger partial charge in [0.05, 0.1) is 0 Å². The van der Waals surface area contributed by atoms with E-state index >= 15 is 0 Å². The minimum absolute atomic E-state index is 0.225. The zero-order chi connectivity index (χ0) is 13.9. The fraction of sp³-hybridized carbons (Fsp3) is 0.462. The number of nitriles is 1. The van der Waals surface area contributed by atoms with Crippen molar-refractivity contribution in [2.45, 2.75) is 30.6 Å². The molecule has 1 fully saturated rings. The average Bonchev–Trinajstić information content (AvgIpc) is 2.67. The molecule has 0 unspecified atom stereocenters. The summed E-state index contributed by atoms with van der Waals surface area (Å²) in [6.07, 6.45) is 3.60. The molecule has 1 aliphatic heterocycles. The Morgan fingerprint density at radius 3 is 2.37 bits per heavy atom. The van der Waals surface area contributed by atoms with Gasteiger partial charge in [0.1, 0.15) is 22.3 Å². The van der Waals surface area contributed by atoms with Crippen LogP contribution >= 0.6 is 0 Å². The largest absolute Gasteiger partial charge is 0.244 e. The summed E-state index contributed by atoms with van der Waals surface area (Å²) in [5, 5.41) is 8.94. The molecule has 0 spiro atoms. The van der Waals surface area contributed by atoms with Crippen molar-refractivity contribution in [2.75, 3.05) is 13.1 Å². The van der Waals surface area contributed by atoms with Gasteiger partial charge >= 0.3 is 0 Å². The van der Waals surface area contributed by atoms with Crippen LogP contribution in [0.15, 0.2) is 23.1 Å². The van der Waals surface area contributed by atoms with Crippen LogP contribution in [0.25, 0.3) is 0 Å². The Bertz CT molecular complexity index is 600. The standard InChI is InChI=1S/C13H15FN2O2S/c14-12-6-5-7-13(11(12)10-15)19(17,18)16-8-3-1-2-4-9-16/h5-7H,1-4,8-9H2. The van der Waals surface area contributed by atoms with E-state index in [1.807, 2.05) is 0 Å². The summed E-state index contributed by atoms with van der Waals surface area (Å²) >= 11 is 0. The molecule has 0 amide bonds. The van der Waals surface area contributed by atoms with Crippen molar-refractivity contribution in [3.8, 4) is 6.07 Å². The van der Waals surface area contributed by atoms with Gasteiger partial charge in [0, 0.05) is 13.1 Å². The van der Waals surface area contributed by atoms with Crippen LogP contribution in [-0.2, 0) is 10.0 Å². The van der Waals surface area contributed by atoms with Crippen LogP contribution in [0.2, 0.25) is 0 Å². The first-order valence-corrected chi connectivity index (χ1v) is 7.70.